The highest BCUT2D eigenvalue weighted by molar-refractivity contribution is 7.09. The summed E-state index contributed by atoms with van der Waals surface area (Å²) in [5.41, 5.74) is 1.25. The second-order valence-corrected chi connectivity index (χ2v) is 6.60. The third-order valence-electron chi connectivity index (χ3n) is 4.15. The Kier molecular flexibility index (Phi) is 5.64. The van der Waals surface area contributed by atoms with Crippen LogP contribution in [-0.2, 0) is 6.42 Å². The molecule has 2 unspecified atom stereocenters. The molecule has 1 fully saturated rings. The van der Waals surface area contributed by atoms with E-state index >= 15 is 0 Å². The van der Waals surface area contributed by atoms with Crippen LogP contribution < -0.4 is 5.32 Å². The summed E-state index contributed by atoms with van der Waals surface area (Å²) in [7, 11) is 0. The molecular formula is C15H26N2S. The Morgan fingerprint density at radius 3 is 2.94 bits per heavy atom. The van der Waals surface area contributed by atoms with Crippen LogP contribution in [0.1, 0.15) is 56.2 Å². The molecule has 2 rings (SSSR count). The van der Waals surface area contributed by atoms with Gasteiger partial charge in [0.15, 0.2) is 0 Å². The first-order valence-electron chi connectivity index (χ1n) is 7.42. The minimum atomic E-state index is 0.751. The molecule has 0 bridgehead atoms. The summed E-state index contributed by atoms with van der Waals surface area (Å²) in [5.74, 6) is 0.984. The zero-order valence-electron chi connectivity index (χ0n) is 11.7. The van der Waals surface area contributed by atoms with Crippen LogP contribution >= 0.6 is 11.3 Å². The van der Waals surface area contributed by atoms with Crippen molar-refractivity contribution in [3.8, 4) is 0 Å². The van der Waals surface area contributed by atoms with E-state index in [9.17, 15) is 0 Å². The number of nitrogens with one attached hydrogen (secondary N) is 1. The Hall–Kier alpha value is -0.410. The monoisotopic (exact) mass is 266 g/mol. The SMILES string of the molecule is CCC1CCCC(NCCc2csc(C)n2)CC1. The zero-order chi connectivity index (χ0) is 12.8. The van der Waals surface area contributed by atoms with Crippen molar-refractivity contribution in [3.63, 3.8) is 0 Å². The van der Waals surface area contributed by atoms with E-state index in [1.807, 2.05) is 0 Å². The second kappa shape index (κ2) is 7.25. The fraction of sp³-hybridized carbons (Fsp3) is 0.800. The molecule has 0 amide bonds. The van der Waals surface area contributed by atoms with Crippen LogP contribution in [0.4, 0.5) is 0 Å². The summed E-state index contributed by atoms with van der Waals surface area (Å²) in [6, 6.07) is 0.751. The van der Waals surface area contributed by atoms with Crippen LogP contribution in [0.2, 0.25) is 0 Å². The highest BCUT2D eigenvalue weighted by atomic mass is 32.1. The largest absolute Gasteiger partial charge is 0.314 e. The number of aryl methyl sites for hydroxylation is 1. The van der Waals surface area contributed by atoms with Gasteiger partial charge in [0.05, 0.1) is 10.7 Å². The van der Waals surface area contributed by atoms with Gasteiger partial charge in [-0.2, -0.15) is 0 Å². The molecule has 102 valence electrons. The topological polar surface area (TPSA) is 24.9 Å². The molecule has 1 aromatic heterocycles. The van der Waals surface area contributed by atoms with Crippen molar-refractivity contribution < 1.29 is 0 Å². The minimum absolute atomic E-state index is 0.751. The lowest BCUT2D eigenvalue weighted by Gasteiger charge is -2.16. The lowest BCUT2D eigenvalue weighted by Crippen LogP contribution is -2.30. The number of thiazole rings is 1. The molecular weight excluding hydrogens is 240 g/mol. The second-order valence-electron chi connectivity index (χ2n) is 5.54. The van der Waals surface area contributed by atoms with E-state index in [0.717, 1.165) is 24.9 Å². The third-order valence-corrected chi connectivity index (χ3v) is 4.97. The molecule has 0 spiro atoms. The number of nitrogens with zero attached hydrogens (tertiary/aromatic N) is 1. The standard InChI is InChI=1S/C15H26N2S/c1-3-13-5-4-6-14(8-7-13)16-10-9-15-11-18-12(2)17-15/h11,13-14,16H,3-10H2,1-2H3. The molecule has 18 heavy (non-hydrogen) atoms. The average molecular weight is 266 g/mol. The molecule has 0 saturated heterocycles. The molecule has 1 aliphatic carbocycles. The van der Waals surface area contributed by atoms with E-state index in [1.165, 1.54) is 49.2 Å². The van der Waals surface area contributed by atoms with Crippen LogP contribution in [0.15, 0.2) is 5.38 Å². The van der Waals surface area contributed by atoms with Gasteiger partial charge in [0, 0.05) is 24.4 Å². The zero-order valence-corrected chi connectivity index (χ0v) is 12.6. The average Bonchev–Trinajstić information content (AvgIpc) is 2.65. The molecule has 1 saturated carbocycles. The highest BCUT2D eigenvalue weighted by Gasteiger charge is 2.17. The molecule has 3 heteroatoms. The van der Waals surface area contributed by atoms with Gasteiger partial charge in [-0.25, -0.2) is 4.98 Å². The van der Waals surface area contributed by atoms with Crippen LogP contribution in [0.25, 0.3) is 0 Å². The third kappa shape index (κ3) is 4.36. The minimum Gasteiger partial charge on any atom is -0.314 e. The lowest BCUT2D eigenvalue weighted by atomic mass is 9.98. The van der Waals surface area contributed by atoms with E-state index in [4.69, 9.17) is 0 Å². The van der Waals surface area contributed by atoms with Gasteiger partial charge in [-0.1, -0.05) is 26.2 Å². The summed E-state index contributed by atoms with van der Waals surface area (Å²) in [6.07, 6.45) is 9.46. The number of hydrogen-bond donors (Lipinski definition) is 1. The first-order valence-corrected chi connectivity index (χ1v) is 8.30. The lowest BCUT2D eigenvalue weighted by molar-refractivity contribution is 0.426. The fourth-order valence-corrected chi connectivity index (χ4v) is 3.57. The fourth-order valence-electron chi connectivity index (χ4n) is 2.92. The van der Waals surface area contributed by atoms with E-state index in [-0.39, 0.29) is 0 Å². The van der Waals surface area contributed by atoms with Crippen molar-refractivity contribution in [2.75, 3.05) is 6.54 Å². The van der Waals surface area contributed by atoms with Crippen LogP contribution in [0.3, 0.4) is 0 Å². The van der Waals surface area contributed by atoms with Crippen molar-refractivity contribution in [2.24, 2.45) is 5.92 Å². The van der Waals surface area contributed by atoms with Crippen molar-refractivity contribution in [1.29, 1.82) is 0 Å². The predicted molar refractivity (Wildman–Crippen MR) is 79.2 cm³/mol. The quantitative estimate of drug-likeness (QED) is 0.816. The maximum atomic E-state index is 4.52. The molecule has 1 aromatic rings. The molecule has 0 aliphatic heterocycles. The number of hydrogen-bond acceptors (Lipinski definition) is 3. The summed E-state index contributed by atoms with van der Waals surface area (Å²) < 4.78 is 0. The summed E-state index contributed by atoms with van der Waals surface area (Å²) in [4.78, 5) is 4.52. The van der Waals surface area contributed by atoms with Crippen LogP contribution in [-0.4, -0.2) is 17.6 Å². The first-order chi connectivity index (χ1) is 8.78. The van der Waals surface area contributed by atoms with Gasteiger partial charge in [0.1, 0.15) is 0 Å². The maximum absolute atomic E-state index is 4.52. The Labute approximate surface area is 115 Å². The Balaban J connectivity index is 1.67. The van der Waals surface area contributed by atoms with Gasteiger partial charge in [-0.3, -0.25) is 0 Å². The molecule has 1 N–H and O–H groups in total. The van der Waals surface area contributed by atoms with Crippen molar-refractivity contribution in [3.05, 3.63) is 16.1 Å². The van der Waals surface area contributed by atoms with E-state index in [1.54, 1.807) is 11.3 Å². The van der Waals surface area contributed by atoms with Gasteiger partial charge in [-0.05, 0) is 32.1 Å². The normalized spacial score (nSPS) is 25.0. The highest BCUT2D eigenvalue weighted by Crippen LogP contribution is 2.25. The summed E-state index contributed by atoms with van der Waals surface area (Å²) in [5, 5.41) is 7.11. The van der Waals surface area contributed by atoms with Crippen LogP contribution in [0.5, 0.6) is 0 Å². The Morgan fingerprint density at radius 1 is 1.33 bits per heavy atom. The van der Waals surface area contributed by atoms with E-state index in [2.05, 4.69) is 29.5 Å². The number of aromatic nitrogens is 1. The predicted octanol–water partition coefficient (Wildman–Crippen LogP) is 3.94. The molecule has 2 nitrogen and oxygen atoms in total. The van der Waals surface area contributed by atoms with Crippen LogP contribution in [0, 0.1) is 12.8 Å². The van der Waals surface area contributed by atoms with Crippen molar-refractivity contribution >= 4 is 11.3 Å². The summed E-state index contributed by atoms with van der Waals surface area (Å²) >= 11 is 1.76. The van der Waals surface area contributed by atoms with Crippen molar-refractivity contribution in [2.45, 2.75) is 64.8 Å². The molecule has 0 aromatic carbocycles. The molecule has 2 atom stereocenters. The van der Waals surface area contributed by atoms with Crippen molar-refractivity contribution in [1.82, 2.24) is 10.3 Å². The molecule has 1 heterocycles. The van der Waals surface area contributed by atoms with Gasteiger partial charge < -0.3 is 5.32 Å². The van der Waals surface area contributed by atoms with Gasteiger partial charge in [-0.15, -0.1) is 11.3 Å². The molecule has 1 aliphatic rings. The smallest absolute Gasteiger partial charge is 0.0897 e. The van der Waals surface area contributed by atoms with E-state index < -0.39 is 0 Å². The van der Waals surface area contributed by atoms with Gasteiger partial charge >= 0.3 is 0 Å². The Bertz CT molecular complexity index is 348. The number of rotatable bonds is 5. The summed E-state index contributed by atoms with van der Waals surface area (Å²) in [6.45, 7) is 5.51. The van der Waals surface area contributed by atoms with E-state index in [0.29, 0.717) is 0 Å². The maximum Gasteiger partial charge on any atom is 0.0897 e. The molecule has 0 radical (unpaired) electrons. The van der Waals surface area contributed by atoms with Gasteiger partial charge in [0.25, 0.3) is 0 Å². The Morgan fingerprint density at radius 2 is 2.22 bits per heavy atom. The first kappa shape index (κ1) is 14.0. The van der Waals surface area contributed by atoms with Gasteiger partial charge in [0.2, 0.25) is 0 Å².